The molecular weight excluding hydrogens is 348 g/mol. The van der Waals surface area contributed by atoms with Gasteiger partial charge < -0.3 is 14.9 Å². The van der Waals surface area contributed by atoms with Crippen molar-refractivity contribution in [3.63, 3.8) is 0 Å². The van der Waals surface area contributed by atoms with E-state index in [2.05, 4.69) is 66.7 Å². The molecule has 0 bridgehead atoms. The molecule has 5 aromatic carbocycles. The molecule has 0 aliphatic carbocycles. The Morgan fingerprint density at radius 3 is 2.04 bits per heavy atom. The Bertz CT molecular complexity index is 1330. The van der Waals surface area contributed by atoms with Gasteiger partial charge in [-0.2, -0.15) is 0 Å². The standard InChI is InChI=1S/C25H20O3/c26-13-23-21(27)12-22(28-23)16-10-15-6-3-8-18-17-7-1-4-14-5-2-9-19(24(14)17)20(11-16)25(15)18/h1-11,21-23,26-27H,12-13H2/t21-,22?,23+/m0/s1. The number of hydrogen-bond donors (Lipinski definition) is 2. The number of ether oxygens (including phenoxy) is 1. The number of rotatable bonds is 2. The van der Waals surface area contributed by atoms with Gasteiger partial charge in [-0.05, 0) is 60.8 Å². The van der Waals surface area contributed by atoms with Crippen LogP contribution in [0.1, 0.15) is 18.1 Å². The number of hydrogen-bond acceptors (Lipinski definition) is 3. The Hall–Kier alpha value is -2.72. The second-order valence-corrected chi connectivity index (χ2v) is 7.83. The predicted octanol–water partition coefficient (Wildman–Crippen LogP) is 4.92. The summed E-state index contributed by atoms with van der Waals surface area (Å²) < 4.78 is 5.95. The quantitative estimate of drug-likeness (QED) is 0.343. The highest BCUT2D eigenvalue weighted by atomic mass is 16.5. The molecule has 0 radical (unpaired) electrons. The molecule has 1 aliphatic rings. The van der Waals surface area contributed by atoms with E-state index in [1.54, 1.807) is 0 Å². The minimum absolute atomic E-state index is 0.158. The van der Waals surface area contributed by atoms with Crippen molar-refractivity contribution < 1.29 is 14.9 Å². The number of benzene rings is 5. The van der Waals surface area contributed by atoms with Gasteiger partial charge in [-0.25, -0.2) is 0 Å². The molecule has 1 saturated heterocycles. The summed E-state index contributed by atoms with van der Waals surface area (Å²) in [5.74, 6) is 0. The van der Waals surface area contributed by atoms with Crippen molar-refractivity contribution >= 4 is 43.1 Å². The first-order chi connectivity index (χ1) is 13.7. The van der Waals surface area contributed by atoms with Crippen LogP contribution in [0.25, 0.3) is 43.1 Å². The van der Waals surface area contributed by atoms with E-state index in [4.69, 9.17) is 4.74 Å². The van der Waals surface area contributed by atoms with Gasteiger partial charge in [0.1, 0.15) is 6.10 Å². The smallest absolute Gasteiger partial charge is 0.107 e. The van der Waals surface area contributed by atoms with Crippen LogP contribution in [-0.4, -0.2) is 29.0 Å². The van der Waals surface area contributed by atoms with Crippen molar-refractivity contribution in [3.05, 3.63) is 72.3 Å². The van der Waals surface area contributed by atoms with E-state index < -0.39 is 12.2 Å². The van der Waals surface area contributed by atoms with Crippen LogP contribution in [0.2, 0.25) is 0 Å². The fourth-order valence-electron chi connectivity index (χ4n) is 4.97. The Labute approximate surface area is 162 Å². The van der Waals surface area contributed by atoms with Gasteiger partial charge in [-0.15, -0.1) is 0 Å². The van der Waals surface area contributed by atoms with Crippen LogP contribution in [-0.2, 0) is 4.74 Å². The second kappa shape index (κ2) is 5.89. The molecule has 0 spiro atoms. The van der Waals surface area contributed by atoms with Gasteiger partial charge in [-0.3, -0.25) is 0 Å². The molecule has 138 valence electrons. The summed E-state index contributed by atoms with van der Waals surface area (Å²) in [5.41, 5.74) is 1.06. The van der Waals surface area contributed by atoms with Crippen molar-refractivity contribution in [3.8, 4) is 0 Å². The van der Waals surface area contributed by atoms with Crippen LogP contribution in [0.4, 0.5) is 0 Å². The van der Waals surface area contributed by atoms with E-state index >= 15 is 0 Å². The van der Waals surface area contributed by atoms with Gasteiger partial charge in [0.15, 0.2) is 0 Å². The average molecular weight is 368 g/mol. The van der Waals surface area contributed by atoms with Crippen molar-refractivity contribution in [1.29, 1.82) is 0 Å². The van der Waals surface area contributed by atoms with E-state index in [0.717, 1.165) is 5.56 Å². The van der Waals surface area contributed by atoms with Crippen LogP contribution in [0.3, 0.4) is 0 Å². The van der Waals surface area contributed by atoms with E-state index in [-0.39, 0.29) is 12.7 Å². The summed E-state index contributed by atoms with van der Waals surface area (Å²) in [5, 5.41) is 29.6. The van der Waals surface area contributed by atoms with Crippen LogP contribution in [0.5, 0.6) is 0 Å². The normalized spacial score (nSPS) is 22.9. The molecule has 1 unspecified atom stereocenters. The summed E-state index contributed by atoms with van der Waals surface area (Å²) in [4.78, 5) is 0. The highest BCUT2D eigenvalue weighted by Gasteiger charge is 2.34. The van der Waals surface area contributed by atoms with Crippen molar-refractivity contribution in [1.82, 2.24) is 0 Å². The van der Waals surface area contributed by atoms with E-state index in [9.17, 15) is 10.2 Å². The molecule has 0 amide bonds. The summed E-state index contributed by atoms with van der Waals surface area (Å²) in [6.45, 7) is -0.158. The highest BCUT2D eigenvalue weighted by Crippen LogP contribution is 2.43. The lowest BCUT2D eigenvalue weighted by molar-refractivity contribution is -0.0225. The largest absolute Gasteiger partial charge is 0.394 e. The van der Waals surface area contributed by atoms with Crippen LogP contribution >= 0.6 is 0 Å². The highest BCUT2D eigenvalue weighted by molar-refractivity contribution is 6.32. The monoisotopic (exact) mass is 368 g/mol. The zero-order valence-corrected chi connectivity index (χ0v) is 15.3. The van der Waals surface area contributed by atoms with Crippen LogP contribution in [0.15, 0.2) is 66.7 Å². The molecule has 5 aromatic rings. The minimum atomic E-state index is -0.627. The van der Waals surface area contributed by atoms with Gasteiger partial charge in [0.2, 0.25) is 0 Å². The number of aliphatic hydroxyl groups excluding tert-OH is 2. The molecule has 1 aliphatic heterocycles. The summed E-state index contributed by atoms with van der Waals surface area (Å²) >= 11 is 0. The number of fused-ring (bicyclic) bond motifs is 2. The molecule has 1 fully saturated rings. The van der Waals surface area contributed by atoms with E-state index in [1.165, 1.54) is 43.1 Å². The van der Waals surface area contributed by atoms with Crippen molar-refractivity contribution in [2.24, 2.45) is 0 Å². The lowest BCUT2D eigenvalue weighted by Gasteiger charge is -2.18. The number of aliphatic hydroxyl groups is 2. The minimum Gasteiger partial charge on any atom is -0.394 e. The molecule has 0 aromatic heterocycles. The lowest BCUT2D eigenvalue weighted by atomic mass is 9.88. The third-order valence-electron chi connectivity index (χ3n) is 6.26. The molecule has 6 rings (SSSR count). The van der Waals surface area contributed by atoms with Gasteiger partial charge in [0.05, 0.1) is 18.8 Å². The summed E-state index contributed by atoms with van der Waals surface area (Å²) in [6, 6.07) is 23.8. The lowest BCUT2D eigenvalue weighted by Crippen LogP contribution is -2.24. The molecule has 3 atom stereocenters. The molecule has 0 saturated carbocycles. The third-order valence-corrected chi connectivity index (χ3v) is 6.26. The Kier molecular flexibility index (Phi) is 3.42. The van der Waals surface area contributed by atoms with Gasteiger partial charge in [0, 0.05) is 6.42 Å². The maximum Gasteiger partial charge on any atom is 0.107 e. The van der Waals surface area contributed by atoms with Gasteiger partial charge in [-0.1, -0.05) is 54.6 Å². The first kappa shape index (κ1) is 16.3. The second-order valence-electron chi connectivity index (χ2n) is 7.83. The summed E-state index contributed by atoms with van der Waals surface area (Å²) in [7, 11) is 0. The fourth-order valence-corrected chi connectivity index (χ4v) is 4.97. The first-order valence-corrected chi connectivity index (χ1v) is 9.78. The molecule has 28 heavy (non-hydrogen) atoms. The average Bonchev–Trinajstić information content (AvgIpc) is 3.12. The molecule has 2 N–H and O–H groups in total. The Balaban J connectivity index is 1.71. The van der Waals surface area contributed by atoms with Gasteiger partial charge in [0.25, 0.3) is 0 Å². The topological polar surface area (TPSA) is 49.7 Å². The Morgan fingerprint density at radius 2 is 1.39 bits per heavy atom. The zero-order chi connectivity index (χ0) is 18.8. The van der Waals surface area contributed by atoms with E-state index in [0.29, 0.717) is 6.42 Å². The molecule has 3 heteroatoms. The molecule has 3 nitrogen and oxygen atoms in total. The van der Waals surface area contributed by atoms with E-state index in [1.807, 2.05) is 0 Å². The first-order valence-electron chi connectivity index (χ1n) is 9.78. The van der Waals surface area contributed by atoms with Crippen LogP contribution in [0, 0.1) is 0 Å². The molecule has 1 heterocycles. The van der Waals surface area contributed by atoms with Gasteiger partial charge >= 0.3 is 0 Å². The summed E-state index contributed by atoms with van der Waals surface area (Å²) in [6.07, 6.45) is -0.825. The zero-order valence-electron chi connectivity index (χ0n) is 15.3. The predicted molar refractivity (Wildman–Crippen MR) is 113 cm³/mol. The molecular formula is C25H20O3. The maximum absolute atomic E-state index is 10.2. The fraction of sp³-hybridized carbons (Fsp3) is 0.200. The Morgan fingerprint density at radius 1 is 0.786 bits per heavy atom. The third kappa shape index (κ3) is 2.15. The SMILES string of the molecule is OC[C@H]1OC(c2cc3cccc4c5cccc6cccc(c(c2)c34)c65)C[C@@H]1O. The van der Waals surface area contributed by atoms with Crippen LogP contribution < -0.4 is 0 Å². The van der Waals surface area contributed by atoms with Crippen molar-refractivity contribution in [2.75, 3.05) is 6.61 Å². The maximum atomic E-state index is 10.2. The van der Waals surface area contributed by atoms with Crippen molar-refractivity contribution in [2.45, 2.75) is 24.7 Å².